The van der Waals surface area contributed by atoms with Gasteiger partial charge in [0.15, 0.2) is 0 Å². The lowest BCUT2D eigenvalue weighted by Crippen LogP contribution is -2.14. The molecule has 0 unspecified atom stereocenters. The molecule has 1 rings (SSSR count). The molecular weight excluding hydrogens is 167 g/mol. The molecule has 0 nitrogen and oxygen atoms in total. The maximum atomic E-state index is 2.45. The van der Waals surface area contributed by atoms with Crippen LogP contribution in [0.3, 0.4) is 0 Å². The molecule has 0 aromatic heterocycles. The Morgan fingerprint density at radius 2 is 1.71 bits per heavy atom. The second-order valence-electron chi connectivity index (χ2n) is 4.76. The van der Waals surface area contributed by atoms with Gasteiger partial charge in [-0.05, 0) is 12.8 Å². The average Bonchev–Trinajstić information content (AvgIpc) is 2.14. The molecular formula is C13H25B. The van der Waals surface area contributed by atoms with E-state index in [1.165, 1.54) is 57.5 Å². The van der Waals surface area contributed by atoms with Crippen LogP contribution in [0.5, 0.6) is 0 Å². The first-order valence-electron chi connectivity index (χ1n) is 6.54. The van der Waals surface area contributed by atoms with E-state index in [2.05, 4.69) is 19.9 Å². The summed E-state index contributed by atoms with van der Waals surface area (Å²) >= 11 is 0. The Bertz CT molecular complexity index is 164. The Kier molecular flexibility index (Phi) is 6.06. The van der Waals surface area contributed by atoms with Crippen LogP contribution in [-0.2, 0) is 0 Å². The summed E-state index contributed by atoms with van der Waals surface area (Å²) in [5.41, 5.74) is 1.75. The average molecular weight is 192 g/mol. The van der Waals surface area contributed by atoms with E-state index in [4.69, 9.17) is 0 Å². The molecule has 0 atom stereocenters. The van der Waals surface area contributed by atoms with E-state index >= 15 is 0 Å². The third-order valence-electron chi connectivity index (χ3n) is 3.38. The van der Waals surface area contributed by atoms with Crippen molar-refractivity contribution < 1.29 is 0 Å². The minimum Gasteiger partial charge on any atom is -0.0857 e. The van der Waals surface area contributed by atoms with E-state index in [9.17, 15) is 0 Å². The van der Waals surface area contributed by atoms with E-state index in [0.717, 1.165) is 6.71 Å². The molecule has 1 aliphatic rings. The molecule has 1 aliphatic carbocycles. The summed E-state index contributed by atoms with van der Waals surface area (Å²) in [6.07, 6.45) is 15.1. The molecule has 0 aromatic carbocycles. The van der Waals surface area contributed by atoms with Crippen LogP contribution in [0.25, 0.3) is 0 Å². The van der Waals surface area contributed by atoms with Crippen molar-refractivity contribution >= 4 is 6.71 Å². The van der Waals surface area contributed by atoms with Gasteiger partial charge in [0.25, 0.3) is 0 Å². The molecule has 0 bridgehead atoms. The zero-order valence-corrected chi connectivity index (χ0v) is 10.0. The van der Waals surface area contributed by atoms with Crippen LogP contribution in [0.1, 0.15) is 52.4 Å². The van der Waals surface area contributed by atoms with Crippen molar-refractivity contribution in [3.63, 3.8) is 0 Å². The lowest BCUT2D eigenvalue weighted by molar-refractivity contribution is 0.822. The topological polar surface area (TPSA) is 0 Å². The molecule has 80 valence electrons. The standard InChI is InChI=1S/C13H25B/c1-3-5-10-14(11-6-4-2)12-13-8-7-9-13/h8H,3-7,9-12H2,1-2H3. The molecule has 0 radical (unpaired) electrons. The number of rotatable bonds is 8. The fourth-order valence-corrected chi connectivity index (χ4v) is 2.24. The first kappa shape index (κ1) is 11.9. The van der Waals surface area contributed by atoms with Crippen molar-refractivity contribution in [3.05, 3.63) is 11.6 Å². The van der Waals surface area contributed by atoms with Crippen LogP contribution >= 0.6 is 0 Å². The van der Waals surface area contributed by atoms with Gasteiger partial charge in [-0.25, -0.2) is 0 Å². The Morgan fingerprint density at radius 1 is 1.14 bits per heavy atom. The maximum absolute atomic E-state index is 2.45. The predicted molar refractivity (Wildman–Crippen MR) is 67.3 cm³/mol. The van der Waals surface area contributed by atoms with Crippen molar-refractivity contribution in [1.29, 1.82) is 0 Å². The van der Waals surface area contributed by atoms with E-state index in [-0.39, 0.29) is 0 Å². The normalized spacial score (nSPS) is 14.9. The highest BCUT2D eigenvalue weighted by Crippen LogP contribution is 2.27. The maximum Gasteiger partial charge on any atom is 0.144 e. The summed E-state index contributed by atoms with van der Waals surface area (Å²) in [5, 5.41) is 0. The zero-order valence-electron chi connectivity index (χ0n) is 10.0. The number of unbranched alkanes of at least 4 members (excludes halogenated alkanes) is 2. The van der Waals surface area contributed by atoms with Gasteiger partial charge in [0.1, 0.15) is 6.71 Å². The van der Waals surface area contributed by atoms with Crippen LogP contribution in [0.2, 0.25) is 19.0 Å². The van der Waals surface area contributed by atoms with E-state index in [1.807, 2.05) is 0 Å². The first-order chi connectivity index (χ1) is 6.86. The third kappa shape index (κ3) is 4.35. The van der Waals surface area contributed by atoms with Crippen LogP contribution in [0, 0.1) is 0 Å². The van der Waals surface area contributed by atoms with Gasteiger partial charge in [-0.2, -0.15) is 0 Å². The summed E-state index contributed by atoms with van der Waals surface area (Å²) in [6.45, 7) is 5.61. The number of hydrogen-bond acceptors (Lipinski definition) is 0. The number of hydrogen-bond donors (Lipinski definition) is 0. The molecule has 0 heterocycles. The molecule has 0 spiro atoms. The lowest BCUT2D eigenvalue weighted by atomic mass is 9.40. The van der Waals surface area contributed by atoms with Gasteiger partial charge in [0.2, 0.25) is 0 Å². The second kappa shape index (κ2) is 7.14. The van der Waals surface area contributed by atoms with Gasteiger partial charge in [-0.3, -0.25) is 0 Å². The zero-order chi connectivity index (χ0) is 10.2. The predicted octanol–water partition coefficient (Wildman–Crippen LogP) is 4.80. The summed E-state index contributed by atoms with van der Waals surface area (Å²) < 4.78 is 0. The van der Waals surface area contributed by atoms with Crippen molar-refractivity contribution in [2.75, 3.05) is 0 Å². The monoisotopic (exact) mass is 192 g/mol. The molecule has 0 saturated carbocycles. The van der Waals surface area contributed by atoms with E-state index in [1.54, 1.807) is 5.57 Å². The highest BCUT2D eigenvalue weighted by atomic mass is 14.1. The third-order valence-corrected chi connectivity index (χ3v) is 3.38. The first-order valence-corrected chi connectivity index (χ1v) is 6.54. The molecule has 0 amide bonds. The minimum absolute atomic E-state index is 1.00. The number of allylic oxidation sites excluding steroid dienone is 2. The fourth-order valence-electron chi connectivity index (χ4n) is 2.24. The minimum atomic E-state index is 1.00. The molecule has 0 fully saturated rings. The highest BCUT2D eigenvalue weighted by molar-refractivity contribution is 6.59. The molecule has 0 N–H and O–H groups in total. The van der Waals surface area contributed by atoms with Gasteiger partial charge in [0, 0.05) is 0 Å². The van der Waals surface area contributed by atoms with Crippen LogP contribution in [0.4, 0.5) is 0 Å². The fraction of sp³-hybridized carbons (Fsp3) is 0.846. The molecule has 0 saturated heterocycles. The van der Waals surface area contributed by atoms with Gasteiger partial charge in [-0.1, -0.05) is 70.1 Å². The summed E-state index contributed by atoms with van der Waals surface area (Å²) in [5.74, 6) is 0. The Hall–Kier alpha value is -0.195. The Balaban J connectivity index is 2.19. The van der Waals surface area contributed by atoms with E-state index < -0.39 is 0 Å². The lowest BCUT2D eigenvalue weighted by Gasteiger charge is -2.19. The summed E-state index contributed by atoms with van der Waals surface area (Å²) in [4.78, 5) is 0. The smallest absolute Gasteiger partial charge is 0.0857 e. The molecule has 0 aliphatic heterocycles. The van der Waals surface area contributed by atoms with Crippen molar-refractivity contribution in [2.24, 2.45) is 0 Å². The van der Waals surface area contributed by atoms with Gasteiger partial charge in [-0.15, -0.1) is 0 Å². The summed E-state index contributed by atoms with van der Waals surface area (Å²) in [6, 6.07) is 0. The van der Waals surface area contributed by atoms with Gasteiger partial charge >= 0.3 is 0 Å². The Labute approximate surface area is 90.2 Å². The highest BCUT2D eigenvalue weighted by Gasteiger charge is 2.16. The van der Waals surface area contributed by atoms with Gasteiger partial charge in [0.05, 0.1) is 0 Å². The van der Waals surface area contributed by atoms with E-state index in [0.29, 0.717) is 0 Å². The van der Waals surface area contributed by atoms with Crippen LogP contribution in [-0.4, -0.2) is 6.71 Å². The van der Waals surface area contributed by atoms with Crippen LogP contribution in [0.15, 0.2) is 11.6 Å². The largest absolute Gasteiger partial charge is 0.144 e. The van der Waals surface area contributed by atoms with Crippen LogP contribution < -0.4 is 0 Å². The van der Waals surface area contributed by atoms with Crippen molar-refractivity contribution in [2.45, 2.75) is 71.3 Å². The van der Waals surface area contributed by atoms with Crippen molar-refractivity contribution in [1.82, 2.24) is 0 Å². The summed E-state index contributed by atoms with van der Waals surface area (Å²) in [7, 11) is 0. The molecule has 14 heavy (non-hydrogen) atoms. The SMILES string of the molecule is CCCCB(CCCC)CC1=CCC1. The molecule has 1 heteroatoms. The van der Waals surface area contributed by atoms with Crippen molar-refractivity contribution in [3.8, 4) is 0 Å². The van der Waals surface area contributed by atoms with Gasteiger partial charge < -0.3 is 0 Å². The molecule has 0 aromatic rings. The second-order valence-corrected chi connectivity index (χ2v) is 4.76. The quantitative estimate of drug-likeness (QED) is 0.382. The Morgan fingerprint density at radius 3 is 2.07 bits per heavy atom.